The summed E-state index contributed by atoms with van der Waals surface area (Å²) in [5.41, 5.74) is 0. The number of hydrogen-bond donors (Lipinski definition) is 3. The fourth-order valence-corrected chi connectivity index (χ4v) is 0.349. The van der Waals surface area contributed by atoms with Gasteiger partial charge in [0.25, 0.3) is 0 Å². The van der Waals surface area contributed by atoms with Crippen molar-refractivity contribution in [3.05, 3.63) is 0 Å². The molecule has 3 N–H and O–H groups in total. The van der Waals surface area contributed by atoms with E-state index in [9.17, 15) is 9.59 Å². The van der Waals surface area contributed by atoms with Gasteiger partial charge in [0.15, 0.2) is 0 Å². The second-order valence-electron chi connectivity index (χ2n) is 1.79. The number of amides is 1. The Hall–Kier alpha value is -1.10. The third-order valence-electron chi connectivity index (χ3n) is 0.892. The Bertz CT molecular complexity index is 145. The predicted molar refractivity (Wildman–Crippen MR) is 32.3 cm³/mol. The number of carboxylic acid groups (broad SMARTS) is 1. The second kappa shape index (κ2) is 3.84. The molecule has 0 aliphatic carbocycles. The first-order valence-corrected chi connectivity index (χ1v) is 2.71. The van der Waals surface area contributed by atoms with E-state index in [1.54, 1.807) is 0 Å². The van der Waals surface area contributed by atoms with Crippen LogP contribution in [0.25, 0.3) is 0 Å². The smallest absolute Gasteiger partial charge is 0.325 e. The van der Waals surface area contributed by atoms with Crippen molar-refractivity contribution >= 4 is 11.9 Å². The minimum atomic E-state index is -1.12. The molecule has 0 spiro atoms. The number of aliphatic hydroxyl groups is 1. The van der Waals surface area contributed by atoms with Gasteiger partial charge in [0, 0.05) is 0 Å². The molecule has 5 nitrogen and oxygen atoms in total. The molecule has 0 aromatic carbocycles. The number of rotatable bonds is 3. The molecule has 58 valence electrons. The fourth-order valence-electron chi connectivity index (χ4n) is 0.349. The minimum Gasteiger partial charge on any atom is -0.480 e. The molecule has 0 aliphatic rings. The van der Waals surface area contributed by atoms with Crippen molar-refractivity contribution in [2.75, 3.05) is 6.61 Å². The summed E-state index contributed by atoms with van der Waals surface area (Å²) in [7, 11) is 0. The van der Waals surface area contributed by atoms with E-state index in [0.29, 0.717) is 0 Å². The van der Waals surface area contributed by atoms with E-state index in [-0.39, 0.29) is 0 Å². The average Bonchev–Trinajstić information content (AvgIpc) is 1.87. The lowest BCUT2D eigenvalue weighted by molar-refractivity contribution is -0.141. The molecule has 0 rings (SSSR count). The zero-order valence-corrected chi connectivity index (χ0v) is 5.50. The summed E-state index contributed by atoms with van der Waals surface area (Å²) in [5, 5.41) is 18.4. The largest absolute Gasteiger partial charge is 0.480 e. The van der Waals surface area contributed by atoms with Crippen molar-refractivity contribution in [1.82, 2.24) is 5.32 Å². The van der Waals surface area contributed by atoms with Gasteiger partial charge < -0.3 is 15.5 Å². The molecule has 0 saturated heterocycles. The highest BCUT2D eigenvalue weighted by molar-refractivity contribution is 5.83. The molecule has 1 amide bonds. The Morgan fingerprint density at radius 3 is 2.40 bits per heavy atom. The SMILES string of the molecule is C[C@@H](NC(=O)CO)C(=O)O. The van der Waals surface area contributed by atoms with E-state index >= 15 is 0 Å². The molecule has 0 heterocycles. The molecule has 1 atom stereocenters. The number of carbonyl (C=O) groups is 2. The van der Waals surface area contributed by atoms with Crippen molar-refractivity contribution < 1.29 is 19.8 Å². The molecule has 0 aromatic heterocycles. The van der Waals surface area contributed by atoms with Gasteiger partial charge in [-0.3, -0.25) is 9.59 Å². The zero-order valence-electron chi connectivity index (χ0n) is 5.50. The summed E-state index contributed by atoms with van der Waals surface area (Å²) in [5.74, 6) is -1.81. The molecule has 0 radical (unpaired) electrons. The van der Waals surface area contributed by atoms with Gasteiger partial charge in [-0.2, -0.15) is 0 Å². The van der Waals surface area contributed by atoms with Crippen LogP contribution in [0.4, 0.5) is 0 Å². The van der Waals surface area contributed by atoms with Crippen LogP contribution in [0.3, 0.4) is 0 Å². The topological polar surface area (TPSA) is 86.6 Å². The van der Waals surface area contributed by atoms with E-state index in [0.717, 1.165) is 0 Å². The molecule has 0 bridgehead atoms. The molecule has 0 saturated carbocycles. The van der Waals surface area contributed by atoms with Crippen molar-refractivity contribution in [1.29, 1.82) is 0 Å². The highest BCUT2D eigenvalue weighted by atomic mass is 16.4. The third kappa shape index (κ3) is 3.03. The minimum absolute atomic E-state index is 0.683. The quantitative estimate of drug-likeness (QED) is 0.456. The lowest BCUT2D eigenvalue weighted by Crippen LogP contribution is -2.39. The summed E-state index contributed by atoms with van der Waals surface area (Å²) in [6.07, 6.45) is 0. The van der Waals surface area contributed by atoms with Crippen molar-refractivity contribution in [2.24, 2.45) is 0 Å². The molecule has 5 heteroatoms. The van der Waals surface area contributed by atoms with Crippen LogP contribution in [0.2, 0.25) is 0 Å². The monoisotopic (exact) mass is 147 g/mol. The first kappa shape index (κ1) is 8.90. The van der Waals surface area contributed by atoms with Crippen LogP contribution in [0.1, 0.15) is 6.92 Å². The van der Waals surface area contributed by atoms with Crippen molar-refractivity contribution in [3.63, 3.8) is 0 Å². The van der Waals surface area contributed by atoms with Gasteiger partial charge in [-0.25, -0.2) is 0 Å². The average molecular weight is 147 g/mol. The van der Waals surface area contributed by atoms with Gasteiger partial charge in [0.2, 0.25) is 5.91 Å². The van der Waals surface area contributed by atoms with Crippen LogP contribution in [-0.4, -0.2) is 34.7 Å². The van der Waals surface area contributed by atoms with Crippen LogP contribution in [-0.2, 0) is 9.59 Å². The number of carbonyl (C=O) groups excluding carboxylic acids is 1. The number of nitrogens with one attached hydrogen (secondary N) is 1. The summed E-state index contributed by atoms with van der Waals surface area (Å²) in [6.45, 7) is 0.632. The standard InChI is InChI=1S/C5H9NO4/c1-3(5(9)10)6-4(8)2-7/h3,7H,2H2,1H3,(H,6,8)(H,9,10)/t3-/m1/s1. The Kier molecular flexibility index (Phi) is 3.42. The Balaban J connectivity index is 3.68. The van der Waals surface area contributed by atoms with Crippen LogP contribution in [0, 0.1) is 0 Å². The Morgan fingerprint density at radius 2 is 2.10 bits per heavy atom. The summed E-state index contributed by atoms with van der Waals surface area (Å²) in [4.78, 5) is 20.4. The summed E-state index contributed by atoms with van der Waals surface area (Å²) in [6, 6.07) is -0.945. The number of aliphatic hydroxyl groups excluding tert-OH is 1. The Labute approximate surface area is 57.7 Å². The number of carboxylic acids is 1. The first-order chi connectivity index (χ1) is 4.57. The van der Waals surface area contributed by atoms with E-state index in [1.807, 2.05) is 5.32 Å². The first-order valence-electron chi connectivity index (χ1n) is 2.71. The van der Waals surface area contributed by atoms with Gasteiger partial charge >= 0.3 is 5.97 Å². The maximum Gasteiger partial charge on any atom is 0.325 e. The highest BCUT2D eigenvalue weighted by Gasteiger charge is 2.11. The number of aliphatic carboxylic acids is 1. The number of hydrogen-bond acceptors (Lipinski definition) is 3. The van der Waals surface area contributed by atoms with Crippen molar-refractivity contribution in [2.45, 2.75) is 13.0 Å². The lowest BCUT2D eigenvalue weighted by Gasteiger charge is -2.05. The summed E-state index contributed by atoms with van der Waals surface area (Å²) >= 11 is 0. The molecule has 0 unspecified atom stereocenters. The molecular weight excluding hydrogens is 138 g/mol. The van der Waals surface area contributed by atoms with Crippen LogP contribution >= 0.6 is 0 Å². The van der Waals surface area contributed by atoms with E-state index in [4.69, 9.17) is 10.2 Å². The molecule has 0 aliphatic heterocycles. The normalized spacial score (nSPS) is 12.2. The van der Waals surface area contributed by atoms with Crippen LogP contribution < -0.4 is 5.32 Å². The molecule has 10 heavy (non-hydrogen) atoms. The maximum atomic E-state index is 10.3. The van der Waals surface area contributed by atoms with Gasteiger partial charge in [-0.15, -0.1) is 0 Å². The van der Waals surface area contributed by atoms with Gasteiger partial charge in [0.05, 0.1) is 0 Å². The fraction of sp³-hybridized carbons (Fsp3) is 0.600. The van der Waals surface area contributed by atoms with Gasteiger partial charge in [0.1, 0.15) is 12.6 Å². The zero-order chi connectivity index (χ0) is 8.15. The van der Waals surface area contributed by atoms with Crippen LogP contribution in [0.15, 0.2) is 0 Å². The lowest BCUT2D eigenvalue weighted by atomic mass is 10.3. The molecular formula is C5H9NO4. The van der Waals surface area contributed by atoms with Crippen LogP contribution in [0.5, 0.6) is 0 Å². The maximum absolute atomic E-state index is 10.3. The van der Waals surface area contributed by atoms with Gasteiger partial charge in [-0.05, 0) is 6.92 Å². The van der Waals surface area contributed by atoms with Gasteiger partial charge in [-0.1, -0.05) is 0 Å². The third-order valence-corrected chi connectivity index (χ3v) is 0.892. The van der Waals surface area contributed by atoms with E-state index < -0.39 is 24.5 Å². The van der Waals surface area contributed by atoms with E-state index in [1.165, 1.54) is 6.92 Å². The molecule has 0 aromatic rings. The Morgan fingerprint density at radius 1 is 1.60 bits per heavy atom. The second-order valence-corrected chi connectivity index (χ2v) is 1.79. The predicted octanol–water partition coefficient (Wildman–Crippen LogP) is -1.43. The molecule has 0 fully saturated rings. The summed E-state index contributed by atoms with van der Waals surface area (Å²) < 4.78 is 0. The van der Waals surface area contributed by atoms with E-state index in [2.05, 4.69) is 0 Å². The van der Waals surface area contributed by atoms with Crippen molar-refractivity contribution in [3.8, 4) is 0 Å². The highest BCUT2D eigenvalue weighted by Crippen LogP contribution is 1.79.